The Hall–Kier alpha value is -2.05. The largest absolute Gasteiger partial charge is 0.393 e. The summed E-state index contributed by atoms with van der Waals surface area (Å²) in [6, 6.07) is 17.8. The molecule has 0 bridgehead atoms. The van der Waals surface area contributed by atoms with Crippen molar-refractivity contribution in [1.82, 2.24) is 0 Å². The van der Waals surface area contributed by atoms with Crippen LogP contribution in [0.1, 0.15) is 41.3 Å². The lowest BCUT2D eigenvalue weighted by molar-refractivity contribution is -0.295. The molecular formula is C24H23FO3S. The number of hydrogen-bond donors (Lipinski definition) is 1. The van der Waals surface area contributed by atoms with Crippen LogP contribution in [0.25, 0.3) is 10.4 Å². The maximum Gasteiger partial charge on any atom is 0.198 e. The Morgan fingerprint density at radius 1 is 1.17 bits per heavy atom. The van der Waals surface area contributed by atoms with Crippen LogP contribution in [0.3, 0.4) is 0 Å². The van der Waals surface area contributed by atoms with Gasteiger partial charge in [-0.1, -0.05) is 30.3 Å². The fraction of sp³-hybridized carbons (Fsp3) is 0.333. The third kappa shape index (κ3) is 3.53. The SMILES string of the molecule is CC1CC(O)C[C@@]2(OCc3cc(F)c(Cc4ccc(-c5ccccc5)s4)cc32)O1. The minimum atomic E-state index is -0.959. The van der Waals surface area contributed by atoms with Gasteiger partial charge in [0.15, 0.2) is 5.79 Å². The van der Waals surface area contributed by atoms with Crippen LogP contribution in [-0.2, 0) is 28.3 Å². The molecule has 3 aromatic rings. The Bertz CT molecular complexity index is 1020. The Balaban J connectivity index is 1.45. The van der Waals surface area contributed by atoms with Crippen molar-refractivity contribution in [2.45, 2.75) is 50.8 Å². The first kappa shape index (κ1) is 18.9. The molecule has 1 saturated heterocycles. The number of halogens is 1. The van der Waals surface area contributed by atoms with E-state index in [0.29, 0.717) is 31.4 Å². The first-order valence-corrected chi connectivity index (χ1v) is 10.8. The summed E-state index contributed by atoms with van der Waals surface area (Å²) in [5, 5.41) is 10.3. The molecule has 0 amide bonds. The number of aliphatic hydroxyl groups excluding tert-OH is 1. The third-order valence-electron chi connectivity index (χ3n) is 5.73. The summed E-state index contributed by atoms with van der Waals surface area (Å²) in [7, 11) is 0. The van der Waals surface area contributed by atoms with E-state index < -0.39 is 11.9 Å². The Kier molecular flexibility index (Phi) is 4.79. The predicted octanol–water partition coefficient (Wildman–Crippen LogP) is 5.39. The molecule has 0 saturated carbocycles. The molecule has 150 valence electrons. The van der Waals surface area contributed by atoms with Crippen molar-refractivity contribution in [3.05, 3.63) is 82.0 Å². The van der Waals surface area contributed by atoms with Crippen LogP contribution in [-0.4, -0.2) is 17.3 Å². The van der Waals surface area contributed by atoms with Crippen LogP contribution in [0.15, 0.2) is 54.6 Å². The highest BCUT2D eigenvalue weighted by Gasteiger charge is 2.47. The second kappa shape index (κ2) is 7.33. The lowest BCUT2D eigenvalue weighted by atomic mass is 9.90. The van der Waals surface area contributed by atoms with Crippen LogP contribution in [0.2, 0.25) is 0 Å². The van der Waals surface area contributed by atoms with E-state index in [-0.39, 0.29) is 11.9 Å². The molecule has 29 heavy (non-hydrogen) atoms. The molecule has 1 fully saturated rings. The van der Waals surface area contributed by atoms with E-state index in [4.69, 9.17) is 9.47 Å². The molecule has 3 atom stereocenters. The Morgan fingerprint density at radius 2 is 2.00 bits per heavy atom. The highest BCUT2D eigenvalue weighted by atomic mass is 32.1. The average Bonchev–Trinajstić information content (AvgIpc) is 3.28. The fourth-order valence-electron chi connectivity index (χ4n) is 4.42. The maximum absolute atomic E-state index is 14.8. The summed E-state index contributed by atoms with van der Waals surface area (Å²) in [6.07, 6.45) is 0.899. The van der Waals surface area contributed by atoms with Crippen LogP contribution in [0.4, 0.5) is 4.39 Å². The number of ether oxygens (including phenoxy) is 2. The lowest BCUT2D eigenvalue weighted by Crippen LogP contribution is -2.43. The summed E-state index contributed by atoms with van der Waals surface area (Å²) >= 11 is 1.68. The van der Waals surface area contributed by atoms with Crippen molar-refractivity contribution in [1.29, 1.82) is 0 Å². The number of benzene rings is 2. The molecule has 3 nitrogen and oxygen atoms in total. The van der Waals surface area contributed by atoms with E-state index in [0.717, 1.165) is 16.0 Å². The molecule has 1 spiro atoms. The van der Waals surface area contributed by atoms with Crippen molar-refractivity contribution in [3.63, 3.8) is 0 Å². The molecule has 1 aromatic heterocycles. The van der Waals surface area contributed by atoms with Crippen LogP contribution in [0, 0.1) is 5.82 Å². The molecule has 2 aliphatic heterocycles. The van der Waals surface area contributed by atoms with Gasteiger partial charge in [-0.15, -0.1) is 11.3 Å². The van der Waals surface area contributed by atoms with E-state index in [9.17, 15) is 9.50 Å². The number of fused-ring (bicyclic) bond motifs is 2. The topological polar surface area (TPSA) is 38.7 Å². The van der Waals surface area contributed by atoms with E-state index in [2.05, 4.69) is 24.3 Å². The molecule has 2 unspecified atom stereocenters. The van der Waals surface area contributed by atoms with Crippen molar-refractivity contribution in [3.8, 4) is 10.4 Å². The quantitative estimate of drug-likeness (QED) is 0.629. The van der Waals surface area contributed by atoms with Gasteiger partial charge in [0, 0.05) is 28.2 Å². The van der Waals surface area contributed by atoms with Gasteiger partial charge in [0.25, 0.3) is 0 Å². The number of hydrogen-bond acceptors (Lipinski definition) is 4. The third-order valence-corrected chi connectivity index (χ3v) is 6.86. The first-order valence-electron chi connectivity index (χ1n) is 9.98. The normalized spacial score (nSPS) is 26.0. The smallest absolute Gasteiger partial charge is 0.198 e. The lowest BCUT2D eigenvalue weighted by Gasteiger charge is -2.39. The van der Waals surface area contributed by atoms with Gasteiger partial charge < -0.3 is 14.6 Å². The van der Waals surface area contributed by atoms with Crippen LogP contribution in [0.5, 0.6) is 0 Å². The van der Waals surface area contributed by atoms with E-state index >= 15 is 0 Å². The Labute approximate surface area is 173 Å². The monoisotopic (exact) mass is 410 g/mol. The van der Waals surface area contributed by atoms with Gasteiger partial charge in [-0.05, 0) is 54.3 Å². The van der Waals surface area contributed by atoms with Gasteiger partial charge in [-0.3, -0.25) is 0 Å². The zero-order chi connectivity index (χ0) is 20.0. The summed E-state index contributed by atoms with van der Waals surface area (Å²) in [5.74, 6) is -1.18. The molecular weight excluding hydrogens is 387 g/mol. The zero-order valence-electron chi connectivity index (χ0n) is 16.2. The highest BCUT2D eigenvalue weighted by molar-refractivity contribution is 7.15. The highest BCUT2D eigenvalue weighted by Crippen LogP contribution is 2.46. The first-order chi connectivity index (χ1) is 14.0. The molecule has 0 aliphatic carbocycles. The molecule has 2 aliphatic rings. The number of thiophene rings is 1. The van der Waals surface area contributed by atoms with E-state index in [1.165, 1.54) is 10.4 Å². The molecule has 2 aromatic carbocycles. The minimum absolute atomic E-state index is 0.107. The number of aliphatic hydroxyl groups is 1. The molecule has 5 heteroatoms. The standard InChI is InChI=1S/C24H23FO3S/c1-15-9-19(26)13-24(28-15)21-11-17(22(25)12-18(21)14-27-24)10-20-7-8-23(29-20)16-5-3-2-4-6-16/h2-8,11-12,15,19,26H,9-10,13-14H2,1H3/t15?,19?,24-/m1/s1. The van der Waals surface area contributed by atoms with Gasteiger partial charge in [0.2, 0.25) is 0 Å². The van der Waals surface area contributed by atoms with Gasteiger partial charge >= 0.3 is 0 Å². The Morgan fingerprint density at radius 3 is 2.79 bits per heavy atom. The molecule has 0 radical (unpaired) electrons. The average molecular weight is 411 g/mol. The summed E-state index contributed by atoms with van der Waals surface area (Å²) in [5.41, 5.74) is 3.47. The van der Waals surface area contributed by atoms with Crippen LogP contribution >= 0.6 is 11.3 Å². The summed E-state index contributed by atoms with van der Waals surface area (Å²) in [6.45, 7) is 2.25. The summed E-state index contributed by atoms with van der Waals surface area (Å²) < 4.78 is 26.9. The minimum Gasteiger partial charge on any atom is -0.393 e. The molecule has 5 rings (SSSR count). The van der Waals surface area contributed by atoms with Crippen molar-refractivity contribution >= 4 is 11.3 Å². The van der Waals surface area contributed by atoms with Gasteiger partial charge in [-0.2, -0.15) is 0 Å². The van der Waals surface area contributed by atoms with Crippen molar-refractivity contribution in [2.24, 2.45) is 0 Å². The van der Waals surface area contributed by atoms with E-state index in [1.54, 1.807) is 17.4 Å². The number of rotatable bonds is 3. The molecule has 3 heterocycles. The van der Waals surface area contributed by atoms with Gasteiger partial charge in [-0.25, -0.2) is 4.39 Å². The zero-order valence-corrected chi connectivity index (χ0v) is 17.0. The van der Waals surface area contributed by atoms with Crippen molar-refractivity contribution < 1.29 is 19.0 Å². The second-order valence-corrected chi connectivity index (χ2v) is 9.14. The fourth-order valence-corrected chi connectivity index (χ4v) is 5.46. The van der Waals surface area contributed by atoms with Gasteiger partial charge in [0.05, 0.1) is 18.8 Å². The second-order valence-electron chi connectivity index (χ2n) is 7.97. The van der Waals surface area contributed by atoms with Gasteiger partial charge in [0.1, 0.15) is 5.82 Å². The molecule has 1 N–H and O–H groups in total. The van der Waals surface area contributed by atoms with Crippen LogP contribution < -0.4 is 0 Å². The maximum atomic E-state index is 14.8. The van der Waals surface area contributed by atoms with Crippen molar-refractivity contribution in [2.75, 3.05) is 0 Å². The predicted molar refractivity (Wildman–Crippen MR) is 111 cm³/mol. The summed E-state index contributed by atoms with van der Waals surface area (Å²) in [4.78, 5) is 2.28. The van der Waals surface area contributed by atoms with E-state index in [1.807, 2.05) is 31.2 Å².